The molecule has 4 rings (SSSR count). The van der Waals surface area contributed by atoms with E-state index in [2.05, 4.69) is 10.1 Å². The molecule has 1 aliphatic heterocycles. The SMILES string of the molecule is CC(C)n1ncc2cc(C(=O)N3CC4CCCC4C3C(=O)O)cnc21. The number of carboxylic acid groups (broad SMARTS) is 1. The highest BCUT2D eigenvalue weighted by Gasteiger charge is 2.49. The predicted molar refractivity (Wildman–Crippen MR) is 91.2 cm³/mol. The second kappa shape index (κ2) is 5.82. The lowest BCUT2D eigenvalue weighted by Crippen LogP contribution is -2.43. The Hall–Kier alpha value is -2.44. The van der Waals surface area contributed by atoms with Crippen molar-refractivity contribution >= 4 is 22.9 Å². The van der Waals surface area contributed by atoms with Crippen LogP contribution in [0.4, 0.5) is 0 Å². The van der Waals surface area contributed by atoms with Gasteiger partial charge in [-0.2, -0.15) is 5.10 Å². The van der Waals surface area contributed by atoms with Crippen molar-refractivity contribution < 1.29 is 14.7 Å². The number of likely N-dealkylation sites (tertiary alicyclic amines) is 1. The summed E-state index contributed by atoms with van der Waals surface area (Å²) in [5, 5.41) is 14.8. The summed E-state index contributed by atoms with van der Waals surface area (Å²) in [5.74, 6) is -0.745. The van der Waals surface area contributed by atoms with Crippen molar-refractivity contribution in [1.29, 1.82) is 0 Å². The molecule has 132 valence electrons. The number of hydrogen-bond acceptors (Lipinski definition) is 4. The Balaban J connectivity index is 1.66. The molecule has 2 aromatic rings. The molecule has 3 atom stereocenters. The third-order valence-corrected chi connectivity index (χ3v) is 5.57. The van der Waals surface area contributed by atoms with Crippen molar-refractivity contribution in [1.82, 2.24) is 19.7 Å². The Morgan fingerprint density at radius 1 is 1.28 bits per heavy atom. The zero-order chi connectivity index (χ0) is 17.7. The molecule has 1 saturated carbocycles. The van der Waals surface area contributed by atoms with Crippen LogP contribution in [0.1, 0.15) is 49.5 Å². The summed E-state index contributed by atoms with van der Waals surface area (Å²) in [4.78, 5) is 30.7. The number of fused-ring (bicyclic) bond motifs is 2. The molecule has 1 N–H and O–H groups in total. The summed E-state index contributed by atoms with van der Waals surface area (Å²) >= 11 is 0. The monoisotopic (exact) mass is 342 g/mol. The maximum Gasteiger partial charge on any atom is 0.326 e. The highest BCUT2D eigenvalue weighted by atomic mass is 16.4. The minimum absolute atomic E-state index is 0.0850. The topological polar surface area (TPSA) is 88.3 Å². The van der Waals surface area contributed by atoms with Crippen LogP contribution in [0, 0.1) is 11.8 Å². The maximum atomic E-state index is 13.0. The average Bonchev–Trinajstić information content (AvgIpc) is 3.26. The van der Waals surface area contributed by atoms with Gasteiger partial charge in [-0.3, -0.25) is 4.79 Å². The van der Waals surface area contributed by atoms with Gasteiger partial charge in [0.1, 0.15) is 6.04 Å². The Morgan fingerprint density at radius 2 is 2.08 bits per heavy atom. The van der Waals surface area contributed by atoms with E-state index in [0.717, 1.165) is 30.3 Å². The van der Waals surface area contributed by atoms with Crippen LogP contribution in [0.25, 0.3) is 11.0 Å². The fourth-order valence-electron chi connectivity index (χ4n) is 4.43. The third-order valence-electron chi connectivity index (χ3n) is 5.57. The molecule has 0 radical (unpaired) electrons. The number of rotatable bonds is 3. The van der Waals surface area contributed by atoms with Gasteiger partial charge in [-0.05, 0) is 44.6 Å². The van der Waals surface area contributed by atoms with Crippen LogP contribution in [-0.2, 0) is 4.79 Å². The van der Waals surface area contributed by atoms with Crippen molar-refractivity contribution in [3.05, 3.63) is 24.0 Å². The zero-order valence-electron chi connectivity index (χ0n) is 14.4. The molecular formula is C18H22N4O3. The molecule has 1 amide bonds. The normalized spacial score (nSPS) is 25.7. The van der Waals surface area contributed by atoms with E-state index in [1.165, 1.54) is 11.1 Å². The molecule has 2 aliphatic rings. The second-order valence-corrected chi connectivity index (χ2v) is 7.42. The Bertz CT molecular complexity index is 844. The van der Waals surface area contributed by atoms with E-state index in [-0.39, 0.29) is 17.9 Å². The fourth-order valence-corrected chi connectivity index (χ4v) is 4.43. The number of nitrogens with zero attached hydrogens (tertiary/aromatic N) is 4. The average molecular weight is 342 g/mol. The molecule has 0 spiro atoms. The van der Waals surface area contributed by atoms with Gasteiger partial charge in [0.2, 0.25) is 0 Å². The van der Waals surface area contributed by atoms with Gasteiger partial charge < -0.3 is 10.0 Å². The van der Waals surface area contributed by atoms with Crippen LogP contribution in [0.3, 0.4) is 0 Å². The second-order valence-electron chi connectivity index (χ2n) is 7.42. The summed E-state index contributed by atoms with van der Waals surface area (Å²) < 4.78 is 1.81. The highest BCUT2D eigenvalue weighted by molar-refractivity contribution is 5.99. The molecule has 0 aromatic carbocycles. The van der Waals surface area contributed by atoms with Gasteiger partial charge in [0.05, 0.1) is 11.8 Å². The third kappa shape index (κ3) is 2.49. The van der Waals surface area contributed by atoms with Crippen LogP contribution < -0.4 is 0 Å². The molecule has 0 bridgehead atoms. The molecule has 7 heteroatoms. The summed E-state index contributed by atoms with van der Waals surface area (Å²) in [6.07, 6.45) is 6.20. The fraction of sp³-hybridized carbons (Fsp3) is 0.556. The van der Waals surface area contributed by atoms with Crippen LogP contribution >= 0.6 is 0 Å². The first-order valence-corrected chi connectivity index (χ1v) is 8.84. The highest BCUT2D eigenvalue weighted by Crippen LogP contribution is 2.42. The van der Waals surface area contributed by atoms with Gasteiger partial charge in [-0.25, -0.2) is 14.5 Å². The van der Waals surface area contributed by atoms with Crippen molar-refractivity contribution in [3.63, 3.8) is 0 Å². The van der Waals surface area contributed by atoms with E-state index in [0.29, 0.717) is 18.0 Å². The Labute approximate surface area is 145 Å². The molecule has 2 aromatic heterocycles. The van der Waals surface area contributed by atoms with Crippen molar-refractivity contribution in [2.24, 2.45) is 11.8 Å². The predicted octanol–water partition coefficient (Wildman–Crippen LogP) is 2.34. The van der Waals surface area contributed by atoms with Crippen LogP contribution in [0.5, 0.6) is 0 Å². The quantitative estimate of drug-likeness (QED) is 0.925. The van der Waals surface area contributed by atoms with E-state index in [1.54, 1.807) is 12.3 Å². The summed E-state index contributed by atoms with van der Waals surface area (Å²) in [6.45, 7) is 4.57. The van der Waals surface area contributed by atoms with E-state index < -0.39 is 12.0 Å². The van der Waals surface area contributed by atoms with Crippen LogP contribution in [-0.4, -0.2) is 49.2 Å². The van der Waals surface area contributed by atoms with Gasteiger partial charge in [-0.15, -0.1) is 0 Å². The summed E-state index contributed by atoms with van der Waals surface area (Å²) in [6, 6.07) is 1.23. The Kier molecular flexibility index (Phi) is 3.74. The molecular weight excluding hydrogens is 320 g/mol. The lowest BCUT2D eigenvalue weighted by atomic mass is 9.94. The molecule has 1 aliphatic carbocycles. The van der Waals surface area contributed by atoms with Crippen molar-refractivity contribution in [2.75, 3.05) is 6.54 Å². The molecule has 1 saturated heterocycles. The minimum atomic E-state index is -0.899. The van der Waals surface area contributed by atoms with Gasteiger partial charge in [-0.1, -0.05) is 6.42 Å². The van der Waals surface area contributed by atoms with E-state index >= 15 is 0 Å². The van der Waals surface area contributed by atoms with Crippen LogP contribution in [0.2, 0.25) is 0 Å². The van der Waals surface area contributed by atoms with Crippen molar-refractivity contribution in [2.45, 2.75) is 45.2 Å². The minimum Gasteiger partial charge on any atom is -0.480 e. The molecule has 2 fully saturated rings. The van der Waals surface area contributed by atoms with Gasteiger partial charge in [0.25, 0.3) is 5.91 Å². The molecule has 3 heterocycles. The van der Waals surface area contributed by atoms with E-state index in [4.69, 9.17) is 0 Å². The number of aliphatic carboxylic acids is 1. The summed E-state index contributed by atoms with van der Waals surface area (Å²) in [5.41, 5.74) is 1.17. The first-order valence-electron chi connectivity index (χ1n) is 8.84. The maximum absolute atomic E-state index is 13.0. The largest absolute Gasteiger partial charge is 0.480 e. The lowest BCUT2D eigenvalue weighted by Gasteiger charge is -2.24. The first kappa shape index (κ1) is 16.1. The first-order chi connectivity index (χ1) is 12.0. The number of pyridine rings is 1. The van der Waals surface area contributed by atoms with Gasteiger partial charge in [0, 0.05) is 24.2 Å². The van der Waals surface area contributed by atoms with Crippen molar-refractivity contribution in [3.8, 4) is 0 Å². The van der Waals surface area contributed by atoms with E-state index in [9.17, 15) is 14.7 Å². The van der Waals surface area contributed by atoms with E-state index in [1.807, 2.05) is 18.5 Å². The molecule has 25 heavy (non-hydrogen) atoms. The lowest BCUT2D eigenvalue weighted by molar-refractivity contribution is -0.142. The standard InChI is InChI=1S/C18H22N4O3/c1-10(2)22-16-12(8-20-22)6-13(7-19-16)17(23)21-9-11-4-3-5-14(11)15(21)18(24)25/h6-8,10-11,14-15H,3-5,9H2,1-2H3,(H,24,25). The van der Waals surface area contributed by atoms with Crippen LogP contribution in [0.15, 0.2) is 18.5 Å². The molecule has 3 unspecified atom stereocenters. The zero-order valence-corrected chi connectivity index (χ0v) is 14.4. The molecule has 7 nitrogen and oxygen atoms in total. The van der Waals surface area contributed by atoms with Gasteiger partial charge >= 0.3 is 5.97 Å². The summed E-state index contributed by atoms with van der Waals surface area (Å²) in [7, 11) is 0. The van der Waals surface area contributed by atoms with Gasteiger partial charge in [0.15, 0.2) is 5.65 Å². The number of amides is 1. The Morgan fingerprint density at radius 3 is 2.80 bits per heavy atom. The smallest absolute Gasteiger partial charge is 0.326 e. The number of carbonyl (C=O) groups is 2. The number of aromatic nitrogens is 3. The number of carboxylic acids is 1. The number of carbonyl (C=O) groups excluding carboxylic acids is 1. The number of hydrogen-bond donors (Lipinski definition) is 1.